The molecular formula is C14H11F3N2O3. The molecule has 0 saturated heterocycles. The van der Waals surface area contributed by atoms with E-state index in [0.29, 0.717) is 5.69 Å². The number of aryl methyl sites for hydroxylation is 1. The third kappa shape index (κ3) is 3.66. The first-order valence-electron chi connectivity index (χ1n) is 6.12. The molecule has 0 unspecified atom stereocenters. The number of anilines is 1. The van der Waals surface area contributed by atoms with Gasteiger partial charge in [0, 0.05) is 11.8 Å². The van der Waals surface area contributed by atoms with E-state index >= 15 is 0 Å². The van der Waals surface area contributed by atoms with Crippen LogP contribution in [0, 0.1) is 12.7 Å². The monoisotopic (exact) mass is 312 g/mol. The van der Waals surface area contributed by atoms with Crippen molar-refractivity contribution in [3.63, 3.8) is 0 Å². The second kappa shape index (κ2) is 6.33. The lowest BCUT2D eigenvalue weighted by molar-refractivity contribution is -0.0494. The predicted octanol–water partition coefficient (Wildman–Crippen LogP) is 2.68. The summed E-state index contributed by atoms with van der Waals surface area (Å²) in [6.45, 7) is -1.51. The van der Waals surface area contributed by atoms with Gasteiger partial charge in [-0.25, -0.2) is 4.39 Å². The van der Waals surface area contributed by atoms with Crippen LogP contribution < -0.4 is 15.6 Å². The van der Waals surface area contributed by atoms with Gasteiger partial charge in [0.1, 0.15) is 17.1 Å². The summed E-state index contributed by atoms with van der Waals surface area (Å²) in [6.07, 6.45) is 0. The Bertz CT molecular complexity index is 759. The lowest BCUT2D eigenvalue weighted by atomic mass is 10.2. The molecule has 0 radical (unpaired) electrons. The van der Waals surface area contributed by atoms with Gasteiger partial charge < -0.3 is 15.0 Å². The number of amides is 1. The minimum Gasteiger partial charge on any atom is -0.433 e. The second-order valence-corrected chi connectivity index (χ2v) is 4.36. The number of rotatable bonds is 4. The average Bonchev–Trinajstić information content (AvgIpc) is 2.41. The number of ether oxygens (including phenoxy) is 1. The Labute approximate surface area is 122 Å². The van der Waals surface area contributed by atoms with Crippen LogP contribution in [-0.2, 0) is 0 Å². The van der Waals surface area contributed by atoms with E-state index < -0.39 is 29.6 Å². The Hall–Kier alpha value is -2.77. The fraction of sp³-hybridized carbons (Fsp3) is 0.143. The maximum atomic E-state index is 13.2. The molecule has 0 saturated carbocycles. The molecule has 1 aromatic heterocycles. The van der Waals surface area contributed by atoms with Crippen LogP contribution in [0.15, 0.2) is 35.1 Å². The van der Waals surface area contributed by atoms with Gasteiger partial charge in [-0.1, -0.05) is 0 Å². The molecule has 1 heterocycles. The van der Waals surface area contributed by atoms with E-state index in [1.165, 1.54) is 12.1 Å². The topological polar surface area (TPSA) is 71.2 Å². The van der Waals surface area contributed by atoms with Gasteiger partial charge in [0.25, 0.3) is 11.5 Å². The molecule has 0 spiro atoms. The highest BCUT2D eigenvalue weighted by atomic mass is 19.3. The highest BCUT2D eigenvalue weighted by molar-refractivity contribution is 6.04. The van der Waals surface area contributed by atoms with Gasteiger partial charge in [0.05, 0.1) is 5.69 Å². The van der Waals surface area contributed by atoms with Crippen molar-refractivity contribution in [1.82, 2.24) is 4.98 Å². The molecule has 0 bridgehead atoms. The Kier molecular flexibility index (Phi) is 4.50. The van der Waals surface area contributed by atoms with Crippen molar-refractivity contribution in [2.75, 3.05) is 5.32 Å². The van der Waals surface area contributed by atoms with E-state index in [4.69, 9.17) is 0 Å². The zero-order chi connectivity index (χ0) is 16.3. The van der Waals surface area contributed by atoms with Crippen LogP contribution in [0.3, 0.4) is 0 Å². The number of hydrogen-bond acceptors (Lipinski definition) is 3. The third-order valence-corrected chi connectivity index (χ3v) is 2.71. The van der Waals surface area contributed by atoms with E-state index in [-0.39, 0.29) is 11.3 Å². The Morgan fingerprint density at radius 3 is 2.64 bits per heavy atom. The van der Waals surface area contributed by atoms with Crippen LogP contribution in [0.1, 0.15) is 16.1 Å². The molecule has 8 heteroatoms. The molecule has 116 valence electrons. The third-order valence-electron chi connectivity index (χ3n) is 2.71. The van der Waals surface area contributed by atoms with Crippen LogP contribution in [0.5, 0.6) is 5.75 Å². The molecule has 2 rings (SSSR count). The second-order valence-electron chi connectivity index (χ2n) is 4.36. The number of alkyl halides is 2. The van der Waals surface area contributed by atoms with Crippen LogP contribution >= 0.6 is 0 Å². The lowest BCUT2D eigenvalue weighted by Gasteiger charge is -2.11. The first-order chi connectivity index (χ1) is 10.4. The van der Waals surface area contributed by atoms with Crippen LogP contribution in [0.25, 0.3) is 0 Å². The number of carbonyl (C=O) groups is 1. The van der Waals surface area contributed by atoms with E-state index in [0.717, 1.165) is 18.2 Å². The van der Waals surface area contributed by atoms with Crippen molar-refractivity contribution in [2.24, 2.45) is 0 Å². The molecule has 0 aliphatic carbocycles. The summed E-state index contributed by atoms with van der Waals surface area (Å²) < 4.78 is 42.0. The number of aromatic nitrogens is 1. The number of aromatic amines is 1. The number of nitrogens with one attached hydrogen (secondary N) is 2. The normalized spacial score (nSPS) is 10.6. The Balaban J connectivity index is 2.31. The van der Waals surface area contributed by atoms with Gasteiger partial charge in [0.2, 0.25) is 0 Å². The largest absolute Gasteiger partial charge is 0.433 e. The number of pyridine rings is 1. The fourth-order valence-electron chi connectivity index (χ4n) is 1.74. The predicted molar refractivity (Wildman–Crippen MR) is 72.8 cm³/mol. The van der Waals surface area contributed by atoms with E-state index in [2.05, 4.69) is 15.0 Å². The molecule has 1 aromatic carbocycles. The average molecular weight is 312 g/mol. The highest BCUT2D eigenvalue weighted by Crippen LogP contribution is 2.27. The van der Waals surface area contributed by atoms with Gasteiger partial charge in [-0.15, -0.1) is 0 Å². The minimum absolute atomic E-state index is 0.238. The Morgan fingerprint density at radius 2 is 2.00 bits per heavy atom. The molecule has 5 nitrogen and oxygen atoms in total. The van der Waals surface area contributed by atoms with Gasteiger partial charge in [-0.05, 0) is 31.2 Å². The van der Waals surface area contributed by atoms with Crippen LogP contribution in [0.4, 0.5) is 18.9 Å². The molecule has 0 aliphatic heterocycles. The number of carbonyl (C=O) groups excluding carboxylic acids is 1. The fourth-order valence-corrected chi connectivity index (χ4v) is 1.74. The van der Waals surface area contributed by atoms with Crippen molar-refractivity contribution in [3.8, 4) is 5.75 Å². The number of H-pyrrole nitrogens is 1. The lowest BCUT2D eigenvalue weighted by Crippen LogP contribution is -2.23. The molecule has 1 amide bonds. The summed E-state index contributed by atoms with van der Waals surface area (Å²) in [7, 11) is 0. The standard InChI is InChI=1S/C14H11F3N2O3/c1-7-2-4-9(12(20)18-7)13(21)19-10-6-8(15)3-5-11(10)22-14(16)17/h2-6,14H,1H3,(H,18,20)(H,19,21). The van der Waals surface area contributed by atoms with Gasteiger partial charge in [0.15, 0.2) is 0 Å². The molecule has 0 aliphatic rings. The van der Waals surface area contributed by atoms with E-state index in [9.17, 15) is 22.8 Å². The molecule has 0 atom stereocenters. The van der Waals surface area contributed by atoms with Gasteiger partial charge in [-0.3, -0.25) is 9.59 Å². The molecule has 22 heavy (non-hydrogen) atoms. The van der Waals surface area contributed by atoms with Gasteiger partial charge >= 0.3 is 6.61 Å². The summed E-state index contributed by atoms with van der Waals surface area (Å²) in [5.41, 5.74) is -0.637. The summed E-state index contributed by atoms with van der Waals surface area (Å²) in [5.74, 6) is -2.03. The van der Waals surface area contributed by atoms with Gasteiger partial charge in [-0.2, -0.15) is 8.78 Å². The molecule has 2 N–H and O–H groups in total. The first kappa shape index (κ1) is 15.6. The van der Waals surface area contributed by atoms with E-state index in [1.54, 1.807) is 6.92 Å². The zero-order valence-electron chi connectivity index (χ0n) is 11.3. The molecule has 0 fully saturated rings. The first-order valence-corrected chi connectivity index (χ1v) is 6.12. The van der Waals surface area contributed by atoms with Crippen molar-refractivity contribution >= 4 is 11.6 Å². The van der Waals surface area contributed by atoms with Crippen molar-refractivity contribution in [1.29, 1.82) is 0 Å². The van der Waals surface area contributed by atoms with Crippen LogP contribution in [0.2, 0.25) is 0 Å². The van der Waals surface area contributed by atoms with Crippen molar-refractivity contribution < 1.29 is 22.7 Å². The summed E-state index contributed by atoms with van der Waals surface area (Å²) in [6, 6.07) is 5.45. The number of benzene rings is 1. The SMILES string of the molecule is Cc1ccc(C(=O)Nc2cc(F)ccc2OC(F)F)c(=O)[nH]1. The highest BCUT2D eigenvalue weighted by Gasteiger charge is 2.16. The summed E-state index contributed by atoms with van der Waals surface area (Å²) in [4.78, 5) is 26.1. The summed E-state index contributed by atoms with van der Waals surface area (Å²) in [5, 5.41) is 2.18. The summed E-state index contributed by atoms with van der Waals surface area (Å²) >= 11 is 0. The number of hydrogen-bond donors (Lipinski definition) is 2. The van der Waals surface area contributed by atoms with Crippen molar-refractivity contribution in [2.45, 2.75) is 13.5 Å². The van der Waals surface area contributed by atoms with Crippen molar-refractivity contribution in [3.05, 3.63) is 57.8 Å². The maximum Gasteiger partial charge on any atom is 0.387 e. The maximum absolute atomic E-state index is 13.2. The van der Waals surface area contributed by atoms with Crippen LogP contribution in [-0.4, -0.2) is 17.5 Å². The Morgan fingerprint density at radius 1 is 1.27 bits per heavy atom. The minimum atomic E-state index is -3.14. The molecular weight excluding hydrogens is 301 g/mol. The number of halogens is 3. The smallest absolute Gasteiger partial charge is 0.387 e. The van der Waals surface area contributed by atoms with E-state index in [1.807, 2.05) is 0 Å². The quantitative estimate of drug-likeness (QED) is 0.912. The molecule has 2 aromatic rings. The zero-order valence-corrected chi connectivity index (χ0v) is 11.3.